The van der Waals surface area contributed by atoms with E-state index < -0.39 is 35.0 Å². The molecule has 2 unspecified atom stereocenters. The van der Waals surface area contributed by atoms with E-state index in [0.717, 1.165) is 0 Å². The molecule has 0 aromatic heterocycles. The van der Waals surface area contributed by atoms with Crippen LogP contribution >= 0.6 is 0 Å². The highest BCUT2D eigenvalue weighted by Gasteiger charge is 2.49. The van der Waals surface area contributed by atoms with Gasteiger partial charge >= 0.3 is 5.97 Å². The van der Waals surface area contributed by atoms with E-state index in [1.165, 1.54) is 18.2 Å². The maximum atomic E-state index is 14.5. The van der Waals surface area contributed by atoms with E-state index >= 15 is 0 Å². The quantitative estimate of drug-likeness (QED) is 0.595. The van der Waals surface area contributed by atoms with Gasteiger partial charge in [0.25, 0.3) is 0 Å². The number of hydrogen-bond donors (Lipinski definition) is 0. The molecule has 0 saturated heterocycles. The Morgan fingerprint density at radius 1 is 1.31 bits per heavy atom. The lowest BCUT2D eigenvalue weighted by Gasteiger charge is -2.36. The van der Waals surface area contributed by atoms with Gasteiger partial charge in [0.1, 0.15) is 17.4 Å². The Balaban J connectivity index is 2.56. The third kappa shape index (κ3) is 3.98. The van der Waals surface area contributed by atoms with Crippen molar-refractivity contribution in [2.45, 2.75) is 39.5 Å². The SMILES string of the molecule is CCOC(=O)C(C#N)C(c1ccccc1F)C1C(=O)CC(C)(C)CC1=O. The number of carbonyl (C=O) groups is 3. The molecule has 2 atom stereocenters. The highest BCUT2D eigenvalue weighted by Crippen LogP contribution is 2.43. The molecule has 0 radical (unpaired) electrons. The summed E-state index contributed by atoms with van der Waals surface area (Å²) >= 11 is 0. The molecule has 0 aliphatic heterocycles. The number of nitriles is 1. The average Bonchev–Trinajstić information content (AvgIpc) is 2.53. The third-order valence-corrected chi connectivity index (χ3v) is 4.66. The Hall–Kier alpha value is -2.55. The van der Waals surface area contributed by atoms with Gasteiger partial charge < -0.3 is 4.74 Å². The standard InChI is InChI=1S/C20H22FNO4/c1-4-26-19(25)13(11-22)17(12-7-5-6-8-14(12)21)18-15(23)9-20(2,3)10-16(18)24/h5-8,13,17-18H,4,9-10H2,1-3H3. The van der Waals surface area contributed by atoms with Crippen LogP contribution in [0.4, 0.5) is 4.39 Å². The summed E-state index contributed by atoms with van der Waals surface area (Å²) in [6.45, 7) is 5.25. The number of rotatable bonds is 5. The first kappa shape index (κ1) is 19.8. The molecular weight excluding hydrogens is 337 g/mol. The summed E-state index contributed by atoms with van der Waals surface area (Å²) in [6.07, 6.45) is 0.269. The van der Waals surface area contributed by atoms with Crippen molar-refractivity contribution >= 4 is 17.5 Å². The molecule has 1 aliphatic rings. The fourth-order valence-corrected chi connectivity index (χ4v) is 3.61. The summed E-state index contributed by atoms with van der Waals surface area (Å²) in [5.41, 5.74) is -0.477. The van der Waals surface area contributed by atoms with E-state index in [0.29, 0.717) is 0 Å². The van der Waals surface area contributed by atoms with Gasteiger partial charge in [0, 0.05) is 18.8 Å². The van der Waals surface area contributed by atoms with E-state index in [1.807, 2.05) is 19.9 Å². The monoisotopic (exact) mass is 359 g/mol. The fraction of sp³-hybridized carbons (Fsp3) is 0.500. The summed E-state index contributed by atoms with van der Waals surface area (Å²) in [5, 5.41) is 9.56. The predicted molar refractivity (Wildman–Crippen MR) is 91.4 cm³/mol. The summed E-state index contributed by atoms with van der Waals surface area (Å²) in [6, 6.07) is 7.43. The number of ether oxygens (including phenoxy) is 1. The topological polar surface area (TPSA) is 84.2 Å². The molecule has 138 valence electrons. The highest BCUT2D eigenvalue weighted by atomic mass is 19.1. The number of Topliss-reactive ketones (excluding diaryl/α,β-unsaturated/α-hetero) is 2. The van der Waals surface area contributed by atoms with Gasteiger partial charge in [-0.05, 0) is 24.0 Å². The van der Waals surface area contributed by atoms with Gasteiger partial charge in [-0.2, -0.15) is 5.26 Å². The van der Waals surface area contributed by atoms with E-state index in [4.69, 9.17) is 4.74 Å². The smallest absolute Gasteiger partial charge is 0.323 e. The first-order chi connectivity index (χ1) is 12.2. The Bertz CT molecular complexity index is 745. The third-order valence-electron chi connectivity index (χ3n) is 4.66. The summed E-state index contributed by atoms with van der Waals surface area (Å²) < 4.78 is 19.4. The second kappa shape index (κ2) is 7.77. The summed E-state index contributed by atoms with van der Waals surface area (Å²) in [4.78, 5) is 37.8. The molecule has 26 heavy (non-hydrogen) atoms. The Kier molecular flexibility index (Phi) is 5.91. The van der Waals surface area contributed by atoms with Crippen molar-refractivity contribution in [1.29, 1.82) is 5.26 Å². The molecular formula is C20H22FNO4. The molecule has 1 saturated carbocycles. The van der Waals surface area contributed by atoms with Crippen molar-refractivity contribution in [2.75, 3.05) is 6.61 Å². The Labute approximate surface area is 152 Å². The van der Waals surface area contributed by atoms with Crippen LogP contribution in [0.1, 0.15) is 45.1 Å². The Morgan fingerprint density at radius 3 is 2.38 bits per heavy atom. The minimum absolute atomic E-state index is 0.0125. The molecule has 1 aromatic rings. The molecule has 1 fully saturated rings. The lowest BCUT2D eigenvalue weighted by atomic mass is 9.64. The summed E-state index contributed by atoms with van der Waals surface area (Å²) in [7, 11) is 0. The van der Waals surface area contributed by atoms with Crippen LogP contribution in [-0.4, -0.2) is 24.1 Å². The molecule has 0 amide bonds. The van der Waals surface area contributed by atoms with E-state index in [2.05, 4.69) is 0 Å². The number of carbonyl (C=O) groups excluding carboxylic acids is 3. The molecule has 0 spiro atoms. The molecule has 1 aromatic carbocycles. The largest absolute Gasteiger partial charge is 0.465 e. The van der Waals surface area contributed by atoms with Crippen molar-refractivity contribution in [3.8, 4) is 6.07 Å². The Morgan fingerprint density at radius 2 is 1.88 bits per heavy atom. The average molecular weight is 359 g/mol. The lowest BCUT2D eigenvalue weighted by molar-refractivity contribution is -0.148. The minimum atomic E-state index is -1.44. The minimum Gasteiger partial charge on any atom is -0.465 e. The van der Waals surface area contributed by atoms with Crippen LogP contribution in [0.5, 0.6) is 0 Å². The summed E-state index contributed by atoms with van der Waals surface area (Å²) in [5.74, 6) is -6.12. The molecule has 5 nitrogen and oxygen atoms in total. The maximum Gasteiger partial charge on any atom is 0.323 e. The van der Waals surface area contributed by atoms with Crippen molar-refractivity contribution in [3.63, 3.8) is 0 Å². The zero-order chi connectivity index (χ0) is 19.5. The van der Waals surface area contributed by atoms with Crippen LogP contribution in [0.25, 0.3) is 0 Å². The zero-order valence-electron chi connectivity index (χ0n) is 15.1. The number of halogens is 1. The second-order valence-electron chi connectivity index (χ2n) is 7.33. The molecule has 6 heteroatoms. The number of benzene rings is 1. The van der Waals surface area contributed by atoms with Crippen LogP contribution in [0.15, 0.2) is 24.3 Å². The lowest BCUT2D eigenvalue weighted by Crippen LogP contribution is -2.44. The van der Waals surface area contributed by atoms with Gasteiger partial charge in [0.15, 0.2) is 5.92 Å². The van der Waals surface area contributed by atoms with Crippen LogP contribution in [-0.2, 0) is 19.1 Å². The van der Waals surface area contributed by atoms with Crippen molar-refractivity contribution in [2.24, 2.45) is 17.3 Å². The van der Waals surface area contributed by atoms with Crippen LogP contribution in [0.3, 0.4) is 0 Å². The molecule has 2 rings (SSSR count). The van der Waals surface area contributed by atoms with Gasteiger partial charge in [-0.15, -0.1) is 0 Å². The molecule has 0 N–H and O–H groups in total. The first-order valence-corrected chi connectivity index (χ1v) is 8.58. The van der Waals surface area contributed by atoms with Crippen molar-refractivity contribution in [1.82, 2.24) is 0 Å². The maximum absolute atomic E-state index is 14.5. The van der Waals surface area contributed by atoms with Gasteiger partial charge in [-0.1, -0.05) is 32.0 Å². The van der Waals surface area contributed by atoms with Gasteiger partial charge in [0.05, 0.1) is 18.6 Å². The molecule has 1 aliphatic carbocycles. The number of esters is 1. The number of hydrogen-bond acceptors (Lipinski definition) is 5. The van der Waals surface area contributed by atoms with Crippen molar-refractivity contribution in [3.05, 3.63) is 35.6 Å². The van der Waals surface area contributed by atoms with E-state index in [-0.39, 0.29) is 36.6 Å². The van der Waals surface area contributed by atoms with Crippen LogP contribution in [0.2, 0.25) is 0 Å². The number of ketones is 2. The number of nitrogens with zero attached hydrogens (tertiary/aromatic N) is 1. The predicted octanol–water partition coefficient (Wildman–Crippen LogP) is 3.19. The van der Waals surface area contributed by atoms with E-state index in [9.17, 15) is 24.0 Å². The van der Waals surface area contributed by atoms with Gasteiger partial charge in [0.2, 0.25) is 0 Å². The second-order valence-corrected chi connectivity index (χ2v) is 7.33. The van der Waals surface area contributed by atoms with Crippen LogP contribution in [0, 0.1) is 34.4 Å². The van der Waals surface area contributed by atoms with Gasteiger partial charge in [-0.25, -0.2) is 4.39 Å². The fourth-order valence-electron chi connectivity index (χ4n) is 3.61. The first-order valence-electron chi connectivity index (χ1n) is 8.58. The molecule has 0 heterocycles. The van der Waals surface area contributed by atoms with Crippen LogP contribution < -0.4 is 0 Å². The molecule has 0 bridgehead atoms. The normalized spacial score (nSPS) is 19.5. The van der Waals surface area contributed by atoms with Crippen molar-refractivity contribution < 1.29 is 23.5 Å². The van der Waals surface area contributed by atoms with Gasteiger partial charge in [-0.3, -0.25) is 14.4 Å². The van der Waals surface area contributed by atoms with E-state index in [1.54, 1.807) is 13.0 Å². The highest BCUT2D eigenvalue weighted by molar-refractivity contribution is 6.06. The zero-order valence-corrected chi connectivity index (χ0v) is 15.1.